The summed E-state index contributed by atoms with van der Waals surface area (Å²) in [4.78, 5) is 16.3. The first-order valence-corrected chi connectivity index (χ1v) is 8.23. The predicted octanol–water partition coefficient (Wildman–Crippen LogP) is 2.15. The fourth-order valence-electron chi connectivity index (χ4n) is 2.13. The number of aliphatic imine (C=N–C) groups is 1. The van der Waals surface area contributed by atoms with Crippen molar-refractivity contribution in [3.63, 3.8) is 0 Å². The summed E-state index contributed by atoms with van der Waals surface area (Å²) in [5.41, 5.74) is 1.10. The van der Waals surface area contributed by atoms with Gasteiger partial charge in [0.25, 0.3) is 5.56 Å². The van der Waals surface area contributed by atoms with Gasteiger partial charge in [-0.05, 0) is 38.7 Å². The van der Waals surface area contributed by atoms with Crippen LogP contribution in [0.1, 0.15) is 39.3 Å². The van der Waals surface area contributed by atoms with Crippen molar-refractivity contribution in [3.8, 4) is 0 Å². The monoisotopic (exact) mass is 306 g/mol. The highest BCUT2D eigenvalue weighted by atomic mass is 16.1. The number of aryl methyl sites for hydroxylation is 1. The van der Waals surface area contributed by atoms with Crippen LogP contribution < -0.4 is 16.2 Å². The highest BCUT2D eigenvalue weighted by Crippen LogP contribution is 1.98. The summed E-state index contributed by atoms with van der Waals surface area (Å²) in [5, 5.41) is 6.59. The molecule has 1 aromatic rings. The first kappa shape index (κ1) is 18.3. The normalized spacial score (nSPS) is 11.8. The van der Waals surface area contributed by atoms with E-state index in [0.717, 1.165) is 50.7 Å². The smallest absolute Gasteiger partial charge is 0.250 e. The molecule has 22 heavy (non-hydrogen) atoms. The van der Waals surface area contributed by atoms with Crippen LogP contribution in [0.4, 0.5) is 0 Å². The molecule has 0 radical (unpaired) electrons. The Balaban J connectivity index is 2.34. The number of pyridine rings is 1. The molecule has 0 fully saturated rings. The van der Waals surface area contributed by atoms with E-state index >= 15 is 0 Å². The topological polar surface area (TPSA) is 58.4 Å². The number of aromatic nitrogens is 1. The molecule has 0 aromatic carbocycles. The van der Waals surface area contributed by atoms with Crippen LogP contribution in [0.2, 0.25) is 0 Å². The van der Waals surface area contributed by atoms with Crippen molar-refractivity contribution in [2.24, 2.45) is 10.9 Å². The number of hydrogen-bond acceptors (Lipinski definition) is 2. The molecule has 2 N–H and O–H groups in total. The molecular formula is C17H30N4O. The van der Waals surface area contributed by atoms with E-state index in [4.69, 9.17) is 0 Å². The fraction of sp³-hybridized carbons (Fsp3) is 0.647. The third-order valence-electron chi connectivity index (χ3n) is 3.33. The highest BCUT2D eigenvalue weighted by Gasteiger charge is 2.00. The van der Waals surface area contributed by atoms with E-state index in [9.17, 15) is 4.79 Å². The standard InChI is InChI=1S/C17H30N4O/c1-5-18-17(20-13-14(2)3)19-11-6-7-12-21-15(4)9-8-10-16(21)22/h8-10,14H,5-7,11-13H2,1-4H3,(H2,18,19,20). The van der Waals surface area contributed by atoms with Gasteiger partial charge in [-0.1, -0.05) is 19.9 Å². The summed E-state index contributed by atoms with van der Waals surface area (Å²) in [6.45, 7) is 11.7. The average molecular weight is 306 g/mol. The van der Waals surface area contributed by atoms with Crippen LogP contribution in [0, 0.1) is 12.8 Å². The van der Waals surface area contributed by atoms with Gasteiger partial charge < -0.3 is 15.2 Å². The molecule has 0 unspecified atom stereocenters. The number of hydrogen-bond donors (Lipinski definition) is 2. The van der Waals surface area contributed by atoms with Gasteiger partial charge in [0, 0.05) is 37.9 Å². The van der Waals surface area contributed by atoms with Gasteiger partial charge in [-0.25, -0.2) is 0 Å². The van der Waals surface area contributed by atoms with Gasteiger partial charge in [0.1, 0.15) is 0 Å². The molecule has 1 heterocycles. The molecule has 0 atom stereocenters. The molecule has 124 valence electrons. The predicted molar refractivity (Wildman–Crippen MR) is 93.5 cm³/mol. The van der Waals surface area contributed by atoms with Crippen LogP contribution in [0.15, 0.2) is 28.0 Å². The van der Waals surface area contributed by atoms with Gasteiger partial charge in [-0.3, -0.25) is 9.79 Å². The minimum absolute atomic E-state index is 0.0831. The van der Waals surface area contributed by atoms with Crippen LogP contribution in [0.3, 0.4) is 0 Å². The van der Waals surface area contributed by atoms with E-state index in [1.165, 1.54) is 0 Å². The lowest BCUT2D eigenvalue weighted by molar-refractivity contribution is 0.574. The van der Waals surface area contributed by atoms with Crippen molar-refractivity contribution in [2.45, 2.75) is 47.1 Å². The van der Waals surface area contributed by atoms with Crippen molar-refractivity contribution in [1.29, 1.82) is 0 Å². The van der Waals surface area contributed by atoms with E-state index in [2.05, 4.69) is 36.4 Å². The van der Waals surface area contributed by atoms with Crippen molar-refractivity contribution in [3.05, 3.63) is 34.2 Å². The molecule has 1 rings (SSSR count). The van der Waals surface area contributed by atoms with Gasteiger partial charge in [0.15, 0.2) is 5.96 Å². The molecule has 0 aliphatic heterocycles. The van der Waals surface area contributed by atoms with Crippen LogP contribution in [0.5, 0.6) is 0 Å². The number of rotatable bonds is 8. The molecule has 0 spiro atoms. The van der Waals surface area contributed by atoms with E-state index in [-0.39, 0.29) is 5.56 Å². The van der Waals surface area contributed by atoms with Gasteiger partial charge in [0.2, 0.25) is 0 Å². The maximum absolute atomic E-state index is 11.8. The van der Waals surface area contributed by atoms with Crippen LogP contribution in [-0.2, 0) is 6.54 Å². The molecule has 0 aliphatic rings. The van der Waals surface area contributed by atoms with E-state index < -0.39 is 0 Å². The summed E-state index contributed by atoms with van der Waals surface area (Å²) in [6, 6.07) is 5.40. The molecule has 5 heteroatoms. The minimum atomic E-state index is 0.0831. The Hall–Kier alpha value is -1.78. The highest BCUT2D eigenvalue weighted by molar-refractivity contribution is 5.79. The average Bonchev–Trinajstić information content (AvgIpc) is 2.46. The number of nitrogens with one attached hydrogen (secondary N) is 2. The fourth-order valence-corrected chi connectivity index (χ4v) is 2.13. The molecule has 0 aliphatic carbocycles. The molecule has 0 bridgehead atoms. The van der Waals surface area contributed by atoms with E-state index in [1.54, 1.807) is 6.07 Å². The van der Waals surface area contributed by atoms with Gasteiger partial charge in [0.05, 0.1) is 0 Å². The van der Waals surface area contributed by atoms with E-state index in [0.29, 0.717) is 5.92 Å². The van der Waals surface area contributed by atoms with E-state index in [1.807, 2.05) is 23.6 Å². The molecular weight excluding hydrogens is 276 g/mol. The van der Waals surface area contributed by atoms with Crippen molar-refractivity contribution >= 4 is 5.96 Å². The summed E-state index contributed by atoms with van der Waals surface area (Å²) < 4.78 is 1.83. The molecule has 5 nitrogen and oxygen atoms in total. The zero-order valence-electron chi connectivity index (χ0n) is 14.4. The zero-order valence-corrected chi connectivity index (χ0v) is 14.4. The number of nitrogens with zero attached hydrogens (tertiary/aromatic N) is 2. The second kappa shape index (κ2) is 10.0. The van der Waals surface area contributed by atoms with Crippen molar-refractivity contribution in [1.82, 2.24) is 15.2 Å². The third kappa shape index (κ3) is 6.78. The SMILES string of the molecule is CCNC(=NCC(C)C)NCCCCn1c(C)cccc1=O. The van der Waals surface area contributed by atoms with Crippen molar-refractivity contribution < 1.29 is 0 Å². The van der Waals surface area contributed by atoms with Gasteiger partial charge in [-0.2, -0.15) is 0 Å². The second-order valence-corrected chi connectivity index (χ2v) is 5.90. The summed E-state index contributed by atoms with van der Waals surface area (Å²) in [7, 11) is 0. The lowest BCUT2D eigenvalue weighted by Crippen LogP contribution is -2.38. The van der Waals surface area contributed by atoms with Gasteiger partial charge in [-0.15, -0.1) is 0 Å². The molecule has 0 saturated heterocycles. The molecule has 0 saturated carbocycles. The van der Waals surface area contributed by atoms with Crippen LogP contribution >= 0.6 is 0 Å². The van der Waals surface area contributed by atoms with Crippen LogP contribution in [0.25, 0.3) is 0 Å². The zero-order chi connectivity index (χ0) is 16.4. The number of unbranched alkanes of at least 4 members (excludes halogenated alkanes) is 1. The van der Waals surface area contributed by atoms with Crippen LogP contribution in [-0.4, -0.2) is 30.2 Å². The first-order chi connectivity index (χ1) is 10.5. The number of guanidine groups is 1. The molecule has 0 amide bonds. The largest absolute Gasteiger partial charge is 0.357 e. The Kier molecular flexibility index (Phi) is 8.33. The van der Waals surface area contributed by atoms with Crippen molar-refractivity contribution in [2.75, 3.05) is 19.6 Å². The lowest BCUT2D eigenvalue weighted by Gasteiger charge is -2.13. The summed E-state index contributed by atoms with van der Waals surface area (Å²) in [5.74, 6) is 1.44. The minimum Gasteiger partial charge on any atom is -0.357 e. The lowest BCUT2D eigenvalue weighted by atomic mass is 10.2. The molecule has 1 aromatic heterocycles. The Bertz CT molecular complexity index is 520. The Morgan fingerprint density at radius 3 is 2.68 bits per heavy atom. The maximum Gasteiger partial charge on any atom is 0.250 e. The Morgan fingerprint density at radius 1 is 1.27 bits per heavy atom. The summed E-state index contributed by atoms with van der Waals surface area (Å²) >= 11 is 0. The second-order valence-electron chi connectivity index (χ2n) is 5.90. The Morgan fingerprint density at radius 2 is 2.05 bits per heavy atom. The summed E-state index contributed by atoms with van der Waals surface area (Å²) in [6.07, 6.45) is 1.98. The van der Waals surface area contributed by atoms with Gasteiger partial charge >= 0.3 is 0 Å². The maximum atomic E-state index is 11.8. The third-order valence-corrected chi connectivity index (χ3v) is 3.33. The first-order valence-electron chi connectivity index (χ1n) is 8.23. The Labute approximate surface area is 133 Å². The quantitative estimate of drug-likeness (QED) is 0.439.